The Balaban J connectivity index is 1.23. The van der Waals surface area contributed by atoms with Gasteiger partial charge < -0.3 is 19.5 Å². The Hall–Kier alpha value is -3.03. The fourth-order valence-electron chi connectivity index (χ4n) is 3.62. The molecule has 0 unspecified atom stereocenters. The Bertz CT molecular complexity index is 935. The van der Waals surface area contributed by atoms with E-state index in [2.05, 4.69) is 10.3 Å². The molecule has 0 atom stereocenters. The zero-order valence-corrected chi connectivity index (χ0v) is 16.2. The van der Waals surface area contributed by atoms with Gasteiger partial charge in [0.25, 0.3) is 11.8 Å². The molecule has 0 aliphatic carbocycles. The van der Waals surface area contributed by atoms with Crippen molar-refractivity contribution in [3.05, 3.63) is 72.5 Å². The summed E-state index contributed by atoms with van der Waals surface area (Å²) in [4.78, 5) is 19.3. The SMILES string of the molecule is O=C(C[NH+]1CC[NH+](Cc2ncc(-c3ccccc3)o2)CC1)Nc1ccc(F)cc1. The number of nitrogens with zero attached hydrogens (tertiary/aromatic N) is 1. The van der Waals surface area contributed by atoms with E-state index in [1.807, 2.05) is 30.3 Å². The van der Waals surface area contributed by atoms with Crippen molar-refractivity contribution < 1.29 is 23.4 Å². The van der Waals surface area contributed by atoms with Crippen molar-refractivity contribution >= 4 is 11.6 Å². The lowest BCUT2D eigenvalue weighted by Crippen LogP contribution is -3.28. The van der Waals surface area contributed by atoms with Crippen LogP contribution in [0.4, 0.5) is 10.1 Å². The summed E-state index contributed by atoms with van der Waals surface area (Å²) in [6, 6.07) is 15.8. The number of carbonyl (C=O) groups excluding carboxylic acids is 1. The number of hydrogen-bond acceptors (Lipinski definition) is 3. The van der Waals surface area contributed by atoms with Gasteiger partial charge in [-0.05, 0) is 24.3 Å². The number of halogens is 1. The normalized spacial score (nSPS) is 19.1. The maximum absolute atomic E-state index is 12.9. The Morgan fingerprint density at radius 2 is 1.69 bits per heavy atom. The van der Waals surface area contributed by atoms with Gasteiger partial charge in [0.15, 0.2) is 18.8 Å². The second kappa shape index (κ2) is 8.98. The zero-order valence-electron chi connectivity index (χ0n) is 16.2. The molecule has 1 fully saturated rings. The van der Waals surface area contributed by atoms with Crippen LogP contribution in [0.1, 0.15) is 5.89 Å². The summed E-state index contributed by atoms with van der Waals surface area (Å²) in [6.07, 6.45) is 1.78. The first-order valence-electron chi connectivity index (χ1n) is 9.88. The van der Waals surface area contributed by atoms with E-state index in [0.717, 1.165) is 49.9 Å². The molecular formula is C22H25FN4O2+2. The molecule has 1 saturated heterocycles. The first-order chi connectivity index (χ1) is 14.2. The van der Waals surface area contributed by atoms with Crippen LogP contribution in [0.5, 0.6) is 0 Å². The van der Waals surface area contributed by atoms with Gasteiger partial charge in [0, 0.05) is 11.3 Å². The highest BCUT2D eigenvalue weighted by Gasteiger charge is 2.26. The number of piperazine rings is 1. The lowest BCUT2D eigenvalue weighted by atomic mass is 10.2. The maximum atomic E-state index is 12.9. The Morgan fingerprint density at radius 1 is 1.00 bits per heavy atom. The molecule has 7 heteroatoms. The van der Waals surface area contributed by atoms with Crippen molar-refractivity contribution in [2.24, 2.45) is 0 Å². The summed E-state index contributed by atoms with van der Waals surface area (Å²) < 4.78 is 18.9. The molecule has 29 heavy (non-hydrogen) atoms. The Morgan fingerprint density at radius 3 is 2.41 bits per heavy atom. The number of quaternary nitrogens is 2. The molecule has 3 aromatic rings. The minimum Gasteiger partial charge on any atom is -0.435 e. The van der Waals surface area contributed by atoms with E-state index >= 15 is 0 Å². The van der Waals surface area contributed by atoms with Gasteiger partial charge in [-0.1, -0.05) is 30.3 Å². The molecule has 4 rings (SSSR count). The summed E-state index contributed by atoms with van der Waals surface area (Å²) in [5.41, 5.74) is 1.65. The number of carbonyl (C=O) groups is 1. The van der Waals surface area contributed by atoms with Crippen molar-refractivity contribution in [2.75, 3.05) is 38.0 Å². The van der Waals surface area contributed by atoms with Gasteiger partial charge in [-0.2, -0.15) is 0 Å². The molecule has 0 radical (unpaired) electrons. The second-order valence-corrected chi connectivity index (χ2v) is 7.39. The minimum absolute atomic E-state index is 0.0461. The summed E-state index contributed by atoms with van der Waals surface area (Å²) >= 11 is 0. The average molecular weight is 396 g/mol. The van der Waals surface area contributed by atoms with Crippen LogP contribution >= 0.6 is 0 Å². The second-order valence-electron chi connectivity index (χ2n) is 7.39. The molecule has 3 N–H and O–H groups in total. The molecule has 2 aromatic carbocycles. The van der Waals surface area contributed by atoms with Gasteiger partial charge in [-0.15, -0.1) is 0 Å². The average Bonchev–Trinajstić information content (AvgIpc) is 3.20. The van der Waals surface area contributed by atoms with Crippen LogP contribution in [0.25, 0.3) is 11.3 Å². The predicted octanol–water partition coefficient (Wildman–Crippen LogP) is 0.403. The fourth-order valence-corrected chi connectivity index (χ4v) is 3.62. The van der Waals surface area contributed by atoms with Crippen LogP contribution in [0.15, 0.2) is 65.2 Å². The third-order valence-electron chi connectivity index (χ3n) is 5.22. The van der Waals surface area contributed by atoms with Crippen LogP contribution in [0.2, 0.25) is 0 Å². The molecule has 1 amide bonds. The summed E-state index contributed by atoms with van der Waals surface area (Å²) in [5.74, 6) is 1.18. The van der Waals surface area contributed by atoms with E-state index in [1.165, 1.54) is 21.9 Å². The van der Waals surface area contributed by atoms with E-state index in [0.29, 0.717) is 12.2 Å². The first-order valence-corrected chi connectivity index (χ1v) is 9.88. The largest absolute Gasteiger partial charge is 0.435 e. The van der Waals surface area contributed by atoms with Crippen molar-refractivity contribution in [2.45, 2.75) is 6.54 Å². The number of anilines is 1. The van der Waals surface area contributed by atoms with Crippen molar-refractivity contribution in [3.8, 4) is 11.3 Å². The van der Waals surface area contributed by atoms with Crippen molar-refractivity contribution in [3.63, 3.8) is 0 Å². The highest BCUT2D eigenvalue weighted by molar-refractivity contribution is 5.91. The molecular weight excluding hydrogens is 371 g/mol. The number of benzene rings is 2. The Labute approximate surface area is 169 Å². The van der Waals surface area contributed by atoms with E-state index in [1.54, 1.807) is 18.3 Å². The highest BCUT2D eigenvalue weighted by Crippen LogP contribution is 2.19. The van der Waals surface area contributed by atoms with Crippen LogP contribution in [0.3, 0.4) is 0 Å². The lowest BCUT2D eigenvalue weighted by molar-refractivity contribution is -1.02. The van der Waals surface area contributed by atoms with Gasteiger partial charge in [0.05, 0.1) is 6.20 Å². The van der Waals surface area contributed by atoms with Gasteiger partial charge in [0.1, 0.15) is 32.0 Å². The molecule has 0 spiro atoms. The third kappa shape index (κ3) is 5.28. The minimum atomic E-state index is -0.311. The lowest BCUT2D eigenvalue weighted by Gasteiger charge is -2.28. The smallest absolute Gasteiger partial charge is 0.279 e. The molecule has 1 aliphatic heterocycles. The number of oxazole rings is 1. The van der Waals surface area contributed by atoms with E-state index in [4.69, 9.17) is 4.42 Å². The summed E-state index contributed by atoms with van der Waals surface area (Å²) in [6.45, 7) is 4.92. The number of rotatable bonds is 6. The zero-order chi connectivity index (χ0) is 20.1. The van der Waals surface area contributed by atoms with Gasteiger partial charge in [0.2, 0.25) is 0 Å². The molecule has 0 bridgehead atoms. The fraction of sp³-hybridized carbons (Fsp3) is 0.273. The molecule has 1 aliphatic rings. The molecule has 2 heterocycles. The summed E-state index contributed by atoms with van der Waals surface area (Å²) in [7, 11) is 0. The van der Waals surface area contributed by atoms with Crippen LogP contribution in [-0.4, -0.2) is 43.6 Å². The van der Waals surface area contributed by atoms with Gasteiger partial charge in [-0.25, -0.2) is 9.37 Å². The van der Waals surface area contributed by atoms with Crippen molar-refractivity contribution in [1.29, 1.82) is 0 Å². The molecule has 0 saturated carbocycles. The Kier molecular flexibility index (Phi) is 5.97. The van der Waals surface area contributed by atoms with Crippen molar-refractivity contribution in [1.82, 2.24) is 4.98 Å². The van der Waals surface area contributed by atoms with E-state index < -0.39 is 0 Å². The topological polar surface area (TPSA) is 64.0 Å². The van der Waals surface area contributed by atoms with E-state index in [9.17, 15) is 9.18 Å². The number of nitrogens with one attached hydrogen (secondary N) is 3. The monoisotopic (exact) mass is 396 g/mol. The molecule has 1 aromatic heterocycles. The van der Waals surface area contributed by atoms with E-state index in [-0.39, 0.29) is 11.7 Å². The summed E-state index contributed by atoms with van der Waals surface area (Å²) in [5, 5.41) is 2.83. The maximum Gasteiger partial charge on any atom is 0.279 e. The number of amides is 1. The number of hydrogen-bond donors (Lipinski definition) is 3. The molecule has 150 valence electrons. The van der Waals surface area contributed by atoms with Crippen LogP contribution in [-0.2, 0) is 11.3 Å². The van der Waals surface area contributed by atoms with Crippen LogP contribution in [0, 0.1) is 5.82 Å². The number of aromatic nitrogens is 1. The standard InChI is InChI=1S/C22H23FN4O2/c23-18-6-8-19(9-7-18)25-21(28)15-26-10-12-27(13-11-26)16-22-24-14-20(29-22)17-4-2-1-3-5-17/h1-9,14H,10-13,15-16H2,(H,25,28)/p+2. The first kappa shape index (κ1) is 19.3. The van der Waals surface area contributed by atoms with Gasteiger partial charge in [-0.3, -0.25) is 4.79 Å². The highest BCUT2D eigenvalue weighted by atomic mass is 19.1. The predicted molar refractivity (Wildman–Crippen MR) is 107 cm³/mol. The third-order valence-corrected chi connectivity index (χ3v) is 5.22. The van der Waals surface area contributed by atoms with Crippen LogP contribution < -0.4 is 15.1 Å². The van der Waals surface area contributed by atoms with Gasteiger partial charge >= 0.3 is 0 Å². The molecule has 6 nitrogen and oxygen atoms in total. The quantitative estimate of drug-likeness (QED) is 0.565.